The second-order valence-electron chi connectivity index (χ2n) is 5.15. The molecule has 3 aromatic rings. The van der Waals surface area contributed by atoms with Crippen molar-refractivity contribution in [3.63, 3.8) is 0 Å². The van der Waals surface area contributed by atoms with Gasteiger partial charge in [0.2, 0.25) is 0 Å². The highest BCUT2D eigenvalue weighted by atomic mass is 35.5. The summed E-state index contributed by atoms with van der Waals surface area (Å²) >= 11 is 1.70. The first kappa shape index (κ1) is 20.7. The van der Waals surface area contributed by atoms with E-state index in [1.807, 2.05) is 48.5 Å². The molecule has 0 aliphatic carbocycles. The van der Waals surface area contributed by atoms with E-state index in [1.165, 1.54) is 0 Å². The molecule has 7 heteroatoms. The fourth-order valence-electron chi connectivity index (χ4n) is 2.28. The Labute approximate surface area is 162 Å². The number of hydrogen-bond acceptors (Lipinski definition) is 3. The number of hydrogen-bond donors (Lipinski definition) is 4. The number of rotatable bonds is 4. The summed E-state index contributed by atoms with van der Waals surface area (Å²) in [5, 5.41) is 14.9. The lowest BCUT2D eigenvalue weighted by Crippen LogP contribution is -2.10. The van der Waals surface area contributed by atoms with E-state index < -0.39 is 0 Å². The molecule has 130 valence electrons. The Morgan fingerprint density at radius 3 is 1.20 bits per heavy atom. The van der Waals surface area contributed by atoms with E-state index in [2.05, 4.69) is 12.1 Å². The third-order valence-corrected chi connectivity index (χ3v) is 4.75. The smallest absolute Gasteiger partial charge is 0.122 e. The van der Waals surface area contributed by atoms with E-state index in [1.54, 1.807) is 11.3 Å². The van der Waals surface area contributed by atoms with Crippen molar-refractivity contribution in [1.82, 2.24) is 0 Å². The molecule has 0 unspecified atom stereocenters. The summed E-state index contributed by atoms with van der Waals surface area (Å²) in [5.74, 6) is 0.156. The number of benzene rings is 2. The molecule has 1 heterocycles. The zero-order valence-electron chi connectivity index (χ0n) is 13.2. The Bertz CT molecular complexity index is 799. The molecule has 0 bridgehead atoms. The molecule has 0 amide bonds. The molecule has 0 saturated carbocycles. The molecule has 25 heavy (non-hydrogen) atoms. The summed E-state index contributed by atoms with van der Waals surface area (Å²) in [6, 6.07) is 19.5. The van der Waals surface area contributed by atoms with Gasteiger partial charge in [0.05, 0.1) is 0 Å². The molecular formula is C18H18Cl2N4S. The van der Waals surface area contributed by atoms with Crippen molar-refractivity contribution in [3.05, 3.63) is 71.8 Å². The van der Waals surface area contributed by atoms with Crippen LogP contribution in [0.4, 0.5) is 0 Å². The summed E-state index contributed by atoms with van der Waals surface area (Å²) in [5.41, 5.74) is 14.6. The first-order chi connectivity index (χ1) is 11.0. The van der Waals surface area contributed by atoms with Crippen LogP contribution in [-0.4, -0.2) is 11.7 Å². The lowest BCUT2D eigenvalue weighted by molar-refractivity contribution is 1.42. The van der Waals surface area contributed by atoms with Gasteiger partial charge in [-0.2, -0.15) is 0 Å². The van der Waals surface area contributed by atoms with Crippen LogP contribution < -0.4 is 11.5 Å². The van der Waals surface area contributed by atoms with Crippen molar-refractivity contribution in [1.29, 1.82) is 10.8 Å². The SMILES string of the molecule is Cl.Cl.N=C(N)c1ccc(-c2ccc(-c3ccc(C(=N)N)cc3)s2)cc1. The standard InChI is InChI=1S/C18H16N4S.2ClH/c19-17(20)13-5-1-11(2-6-13)15-9-10-16(23-15)12-3-7-14(8-4-12)18(21)22;;/h1-10H,(H3,19,20)(H3,21,22);2*1H. The molecule has 3 rings (SSSR count). The fraction of sp³-hybridized carbons (Fsp3) is 0. The molecule has 6 N–H and O–H groups in total. The Balaban J connectivity index is 0.00000156. The van der Waals surface area contributed by atoms with E-state index in [4.69, 9.17) is 22.3 Å². The van der Waals surface area contributed by atoms with Gasteiger partial charge in [-0.1, -0.05) is 48.5 Å². The van der Waals surface area contributed by atoms with Crippen LogP contribution in [0.25, 0.3) is 20.9 Å². The van der Waals surface area contributed by atoms with Crippen LogP contribution in [0.15, 0.2) is 60.7 Å². The highest BCUT2D eigenvalue weighted by Crippen LogP contribution is 2.34. The van der Waals surface area contributed by atoms with Crippen LogP contribution >= 0.6 is 36.2 Å². The van der Waals surface area contributed by atoms with Crippen molar-refractivity contribution in [2.45, 2.75) is 0 Å². The van der Waals surface area contributed by atoms with Crippen LogP contribution in [0.1, 0.15) is 11.1 Å². The molecule has 0 spiro atoms. The van der Waals surface area contributed by atoms with Crippen molar-refractivity contribution in [2.24, 2.45) is 11.5 Å². The third kappa shape index (κ3) is 4.60. The molecule has 0 radical (unpaired) electrons. The van der Waals surface area contributed by atoms with Crippen molar-refractivity contribution in [2.75, 3.05) is 0 Å². The van der Waals surface area contributed by atoms with Gasteiger partial charge in [0.25, 0.3) is 0 Å². The third-order valence-electron chi connectivity index (χ3n) is 3.57. The summed E-state index contributed by atoms with van der Waals surface area (Å²) in [7, 11) is 0. The topological polar surface area (TPSA) is 99.7 Å². The number of thiophene rings is 1. The minimum Gasteiger partial charge on any atom is -0.384 e. The molecule has 0 fully saturated rings. The number of nitrogen functional groups attached to an aromatic ring is 2. The molecule has 0 aliphatic heterocycles. The Morgan fingerprint density at radius 2 is 0.920 bits per heavy atom. The largest absolute Gasteiger partial charge is 0.384 e. The predicted molar refractivity (Wildman–Crippen MR) is 112 cm³/mol. The highest BCUT2D eigenvalue weighted by molar-refractivity contribution is 7.18. The van der Waals surface area contributed by atoms with Gasteiger partial charge in [-0.15, -0.1) is 36.2 Å². The van der Waals surface area contributed by atoms with Gasteiger partial charge in [-0.05, 0) is 23.3 Å². The van der Waals surface area contributed by atoms with Crippen molar-refractivity contribution < 1.29 is 0 Å². The average Bonchev–Trinajstić information content (AvgIpc) is 3.05. The van der Waals surface area contributed by atoms with Gasteiger partial charge in [-0.25, -0.2) is 0 Å². The van der Waals surface area contributed by atoms with Crippen LogP contribution in [0.2, 0.25) is 0 Å². The summed E-state index contributed by atoms with van der Waals surface area (Å²) < 4.78 is 0. The van der Waals surface area contributed by atoms with Crippen molar-refractivity contribution in [3.8, 4) is 20.9 Å². The summed E-state index contributed by atoms with van der Waals surface area (Å²) in [6.45, 7) is 0. The van der Waals surface area contributed by atoms with Crippen LogP contribution in [-0.2, 0) is 0 Å². The first-order valence-corrected chi connectivity index (χ1v) is 7.86. The molecular weight excluding hydrogens is 375 g/mol. The first-order valence-electron chi connectivity index (χ1n) is 7.04. The summed E-state index contributed by atoms with van der Waals surface area (Å²) in [6.07, 6.45) is 0. The Kier molecular flexibility index (Phi) is 7.18. The maximum atomic E-state index is 7.43. The van der Waals surface area contributed by atoms with Gasteiger partial charge >= 0.3 is 0 Å². The maximum Gasteiger partial charge on any atom is 0.122 e. The summed E-state index contributed by atoms with van der Waals surface area (Å²) in [4.78, 5) is 2.32. The van der Waals surface area contributed by atoms with Gasteiger partial charge in [0, 0.05) is 20.9 Å². The van der Waals surface area contributed by atoms with Gasteiger partial charge in [-0.3, -0.25) is 10.8 Å². The van der Waals surface area contributed by atoms with E-state index in [0.717, 1.165) is 32.0 Å². The number of amidine groups is 2. The van der Waals surface area contributed by atoms with Crippen LogP contribution in [0.3, 0.4) is 0 Å². The lowest BCUT2D eigenvalue weighted by Gasteiger charge is -2.02. The van der Waals surface area contributed by atoms with E-state index in [0.29, 0.717) is 0 Å². The van der Waals surface area contributed by atoms with Gasteiger partial charge < -0.3 is 11.5 Å². The second-order valence-corrected chi connectivity index (χ2v) is 6.23. The Hall–Kier alpha value is -2.34. The molecule has 0 aliphatic rings. The number of halogens is 2. The van der Waals surface area contributed by atoms with Crippen molar-refractivity contribution >= 4 is 47.8 Å². The molecule has 0 saturated heterocycles. The second kappa shape index (κ2) is 8.67. The van der Waals surface area contributed by atoms with E-state index >= 15 is 0 Å². The normalized spacial score (nSPS) is 9.60. The molecule has 2 aromatic carbocycles. The fourth-order valence-corrected chi connectivity index (χ4v) is 3.29. The zero-order chi connectivity index (χ0) is 16.4. The number of nitrogens with two attached hydrogens (primary N) is 2. The average molecular weight is 393 g/mol. The van der Waals surface area contributed by atoms with Crippen LogP contribution in [0.5, 0.6) is 0 Å². The van der Waals surface area contributed by atoms with Gasteiger partial charge in [0.15, 0.2) is 0 Å². The molecule has 4 nitrogen and oxygen atoms in total. The lowest BCUT2D eigenvalue weighted by atomic mass is 10.1. The predicted octanol–water partition coefficient (Wildman–Crippen LogP) is 4.49. The highest BCUT2D eigenvalue weighted by Gasteiger charge is 2.06. The van der Waals surface area contributed by atoms with Crippen LogP contribution in [0, 0.1) is 10.8 Å². The number of nitrogens with one attached hydrogen (secondary N) is 2. The minimum atomic E-state index is 0. The quantitative estimate of drug-likeness (QED) is 0.388. The monoisotopic (exact) mass is 392 g/mol. The zero-order valence-corrected chi connectivity index (χ0v) is 15.6. The Morgan fingerprint density at radius 1 is 0.600 bits per heavy atom. The molecule has 1 aromatic heterocycles. The minimum absolute atomic E-state index is 0. The van der Waals surface area contributed by atoms with Gasteiger partial charge in [0.1, 0.15) is 11.7 Å². The van der Waals surface area contributed by atoms with E-state index in [-0.39, 0.29) is 36.5 Å². The van der Waals surface area contributed by atoms with E-state index in [9.17, 15) is 0 Å². The molecule has 0 atom stereocenters. The maximum absolute atomic E-state index is 7.43.